The van der Waals surface area contributed by atoms with E-state index < -0.39 is 24.1 Å². The SMILES string of the molecule is COC(=O)N1CC2CC2(c2ccc(N3CC(CNC(C)=O)OC3=O)cc2F)C1. The summed E-state index contributed by atoms with van der Waals surface area (Å²) in [5.74, 6) is -0.378. The van der Waals surface area contributed by atoms with Crippen LogP contribution in [-0.2, 0) is 19.7 Å². The summed E-state index contributed by atoms with van der Waals surface area (Å²) >= 11 is 0. The number of hydrogen-bond acceptors (Lipinski definition) is 5. The molecule has 1 saturated carbocycles. The number of likely N-dealkylation sites (tertiary alicyclic amines) is 1. The van der Waals surface area contributed by atoms with Gasteiger partial charge in [-0.05, 0) is 30.0 Å². The largest absolute Gasteiger partial charge is 0.453 e. The molecule has 2 saturated heterocycles. The molecule has 1 N–H and O–H groups in total. The van der Waals surface area contributed by atoms with Gasteiger partial charge in [-0.25, -0.2) is 14.0 Å². The number of carbonyl (C=O) groups excluding carboxylic acids is 3. The Morgan fingerprint density at radius 3 is 2.86 bits per heavy atom. The van der Waals surface area contributed by atoms with Gasteiger partial charge in [-0.2, -0.15) is 0 Å². The van der Waals surface area contributed by atoms with Crippen molar-refractivity contribution in [3.63, 3.8) is 0 Å². The first-order valence-electron chi connectivity index (χ1n) is 9.19. The van der Waals surface area contributed by atoms with Gasteiger partial charge in [0.05, 0.1) is 25.9 Å². The number of piperidine rings is 1. The summed E-state index contributed by atoms with van der Waals surface area (Å²) in [6, 6.07) is 4.73. The maximum absolute atomic E-state index is 14.9. The van der Waals surface area contributed by atoms with E-state index in [1.807, 2.05) is 0 Å². The fourth-order valence-electron chi connectivity index (χ4n) is 4.34. The lowest BCUT2D eigenvalue weighted by Crippen LogP contribution is -2.33. The second-order valence-electron chi connectivity index (χ2n) is 7.63. The molecule has 9 heteroatoms. The molecule has 0 radical (unpaired) electrons. The maximum Gasteiger partial charge on any atom is 0.414 e. The summed E-state index contributed by atoms with van der Waals surface area (Å²) in [6.07, 6.45) is -0.605. The Labute approximate surface area is 161 Å². The first-order chi connectivity index (χ1) is 13.3. The average molecular weight is 391 g/mol. The standard InChI is InChI=1S/C19H22FN3O5/c1-11(24)21-7-14-9-23(18(26)28-14)13-3-4-15(16(20)5-13)19-6-12(19)8-22(10-19)17(25)27-2/h3-5,12,14H,6-10H2,1-2H3,(H,21,24). The van der Waals surface area contributed by atoms with Crippen molar-refractivity contribution in [3.8, 4) is 0 Å². The first-order valence-corrected chi connectivity index (χ1v) is 9.19. The minimum absolute atomic E-state index is 0.208. The molecule has 150 valence electrons. The van der Waals surface area contributed by atoms with Gasteiger partial charge < -0.3 is 19.7 Å². The molecule has 3 fully saturated rings. The number of anilines is 1. The molecule has 3 amide bonds. The molecule has 8 nitrogen and oxygen atoms in total. The van der Waals surface area contributed by atoms with Crippen molar-refractivity contribution >= 4 is 23.8 Å². The van der Waals surface area contributed by atoms with Crippen LogP contribution in [0.4, 0.5) is 19.7 Å². The molecular weight excluding hydrogens is 369 g/mol. The van der Waals surface area contributed by atoms with Gasteiger partial charge >= 0.3 is 12.2 Å². The van der Waals surface area contributed by atoms with E-state index in [0.29, 0.717) is 24.3 Å². The summed E-state index contributed by atoms with van der Waals surface area (Å²) in [5, 5.41) is 2.61. The summed E-state index contributed by atoms with van der Waals surface area (Å²) < 4.78 is 24.9. The van der Waals surface area contributed by atoms with Crippen molar-refractivity contribution in [3.05, 3.63) is 29.6 Å². The quantitative estimate of drug-likeness (QED) is 0.843. The van der Waals surface area contributed by atoms with Gasteiger partial charge in [0.1, 0.15) is 11.9 Å². The number of benzene rings is 1. The molecule has 3 atom stereocenters. The van der Waals surface area contributed by atoms with E-state index in [9.17, 15) is 18.8 Å². The monoisotopic (exact) mass is 391 g/mol. The summed E-state index contributed by atoms with van der Waals surface area (Å²) in [7, 11) is 1.34. The second kappa shape index (κ2) is 6.65. The third-order valence-corrected chi connectivity index (χ3v) is 5.83. The lowest BCUT2D eigenvalue weighted by atomic mass is 9.94. The van der Waals surface area contributed by atoms with Gasteiger partial charge in [0.15, 0.2) is 0 Å². The zero-order valence-electron chi connectivity index (χ0n) is 15.7. The normalized spacial score (nSPS) is 28.0. The van der Waals surface area contributed by atoms with Crippen LogP contribution in [0.25, 0.3) is 0 Å². The third-order valence-electron chi connectivity index (χ3n) is 5.83. The number of ether oxygens (including phenoxy) is 2. The molecule has 0 aromatic heterocycles. The van der Waals surface area contributed by atoms with Gasteiger partial charge in [0.2, 0.25) is 5.91 Å². The average Bonchev–Trinajstić information content (AvgIpc) is 3.02. The third kappa shape index (κ3) is 3.04. The number of rotatable bonds is 4. The molecule has 2 aliphatic heterocycles. The number of hydrogen-bond donors (Lipinski definition) is 1. The topological polar surface area (TPSA) is 88.2 Å². The predicted molar refractivity (Wildman–Crippen MR) is 96.5 cm³/mol. The molecule has 4 rings (SSSR count). The minimum Gasteiger partial charge on any atom is -0.453 e. The second-order valence-corrected chi connectivity index (χ2v) is 7.63. The molecule has 1 aromatic rings. The van der Waals surface area contributed by atoms with Crippen LogP contribution in [0.15, 0.2) is 18.2 Å². The smallest absolute Gasteiger partial charge is 0.414 e. The molecular formula is C19H22FN3O5. The van der Waals surface area contributed by atoms with E-state index in [2.05, 4.69) is 5.32 Å². The van der Waals surface area contributed by atoms with E-state index in [-0.39, 0.29) is 30.3 Å². The Hall–Kier alpha value is -2.84. The van der Waals surface area contributed by atoms with Crippen LogP contribution < -0.4 is 10.2 Å². The summed E-state index contributed by atoms with van der Waals surface area (Å²) in [5.41, 5.74) is 0.610. The highest BCUT2D eigenvalue weighted by Gasteiger charge is 2.62. The van der Waals surface area contributed by atoms with Gasteiger partial charge in [0.25, 0.3) is 0 Å². The number of cyclic esters (lactones) is 1. The molecule has 28 heavy (non-hydrogen) atoms. The number of fused-ring (bicyclic) bond motifs is 1. The zero-order chi connectivity index (χ0) is 20.1. The van der Waals surface area contributed by atoms with E-state index in [1.54, 1.807) is 17.0 Å². The number of nitrogens with one attached hydrogen (secondary N) is 1. The van der Waals surface area contributed by atoms with Crippen molar-refractivity contribution in [1.29, 1.82) is 0 Å². The predicted octanol–water partition coefficient (Wildman–Crippen LogP) is 1.63. The van der Waals surface area contributed by atoms with Crippen molar-refractivity contribution < 1.29 is 28.2 Å². The van der Waals surface area contributed by atoms with Crippen LogP contribution in [0.5, 0.6) is 0 Å². The van der Waals surface area contributed by atoms with E-state index in [1.165, 1.54) is 25.0 Å². The molecule has 2 heterocycles. The van der Waals surface area contributed by atoms with Crippen molar-refractivity contribution in [1.82, 2.24) is 10.2 Å². The van der Waals surface area contributed by atoms with Gasteiger partial charge in [-0.3, -0.25) is 9.69 Å². The fraction of sp³-hybridized carbons (Fsp3) is 0.526. The highest BCUT2D eigenvalue weighted by atomic mass is 19.1. The van der Waals surface area contributed by atoms with Crippen molar-refractivity contribution in [2.75, 3.05) is 38.2 Å². The Bertz CT molecular complexity index is 847. The van der Waals surface area contributed by atoms with Crippen LogP contribution >= 0.6 is 0 Å². The van der Waals surface area contributed by atoms with E-state index >= 15 is 0 Å². The van der Waals surface area contributed by atoms with Gasteiger partial charge in [0, 0.05) is 25.4 Å². The number of methoxy groups -OCH3 is 1. The number of amides is 3. The number of halogens is 1. The lowest BCUT2D eigenvalue weighted by Gasteiger charge is -2.21. The summed E-state index contributed by atoms with van der Waals surface area (Å²) in [6.45, 7) is 2.84. The lowest BCUT2D eigenvalue weighted by molar-refractivity contribution is -0.119. The maximum atomic E-state index is 14.9. The molecule has 1 aliphatic carbocycles. The molecule has 3 aliphatic rings. The van der Waals surface area contributed by atoms with Crippen molar-refractivity contribution in [2.45, 2.75) is 24.9 Å². The van der Waals surface area contributed by atoms with Crippen LogP contribution in [0.3, 0.4) is 0 Å². The van der Waals surface area contributed by atoms with Crippen LogP contribution in [0.1, 0.15) is 18.9 Å². The molecule has 3 unspecified atom stereocenters. The van der Waals surface area contributed by atoms with Gasteiger partial charge in [-0.1, -0.05) is 6.07 Å². The Morgan fingerprint density at radius 1 is 1.39 bits per heavy atom. The fourth-order valence-corrected chi connectivity index (χ4v) is 4.34. The summed E-state index contributed by atoms with van der Waals surface area (Å²) in [4.78, 5) is 37.8. The van der Waals surface area contributed by atoms with Gasteiger partial charge in [-0.15, -0.1) is 0 Å². The Morgan fingerprint density at radius 2 is 2.18 bits per heavy atom. The van der Waals surface area contributed by atoms with Crippen LogP contribution in [0, 0.1) is 11.7 Å². The minimum atomic E-state index is -0.567. The van der Waals surface area contributed by atoms with Crippen LogP contribution in [0.2, 0.25) is 0 Å². The zero-order valence-corrected chi connectivity index (χ0v) is 15.7. The highest BCUT2D eigenvalue weighted by Crippen LogP contribution is 2.59. The number of carbonyl (C=O) groups is 3. The number of nitrogens with zero attached hydrogens (tertiary/aromatic N) is 2. The van der Waals surface area contributed by atoms with E-state index in [0.717, 1.165) is 6.42 Å². The molecule has 0 spiro atoms. The molecule has 1 aromatic carbocycles. The van der Waals surface area contributed by atoms with Crippen LogP contribution in [-0.4, -0.2) is 62.4 Å². The Kier molecular flexibility index (Phi) is 4.40. The Balaban J connectivity index is 1.48. The first kappa shape index (κ1) is 18.5. The molecule has 0 bridgehead atoms. The van der Waals surface area contributed by atoms with E-state index in [4.69, 9.17) is 9.47 Å². The van der Waals surface area contributed by atoms with Crippen molar-refractivity contribution in [2.24, 2.45) is 5.92 Å². The highest BCUT2D eigenvalue weighted by molar-refractivity contribution is 5.90.